The van der Waals surface area contributed by atoms with Crippen LogP contribution in [0.3, 0.4) is 0 Å². The first-order chi connectivity index (χ1) is 13.3. The fraction of sp³-hybridized carbons (Fsp3) is 0.571. The van der Waals surface area contributed by atoms with Crippen LogP contribution in [0, 0.1) is 5.92 Å². The third kappa shape index (κ3) is 5.55. The highest BCUT2D eigenvalue weighted by molar-refractivity contribution is 5.89. The summed E-state index contributed by atoms with van der Waals surface area (Å²) in [6.07, 6.45) is 2.94. The lowest BCUT2D eigenvalue weighted by Gasteiger charge is -2.37. The molecule has 28 heavy (non-hydrogen) atoms. The number of likely N-dealkylation sites (N-methyl/N-ethyl adjacent to an activating group) is 1. The van der Waals surface area contributed by atoms with Crippen molar-refractivity contribution in [2.24, 2.45) is 5.92 Å². The molecule has 1 aromatic rings. The van der Waals surface area contributed by atoms with Crippen molar-refractivity contribution in [3.63, 3.8) is 0 Å². The molecule has 154 valence electrons. The molecule has 1 aromatic carbocycles. The standard InChI is InChI=1S/C21H31N3O4/c1-4-24-20(27)18(11-8-12-21(24,2)3)22-19(26)17(14-23(28)15-25)13-16-9-6-5-7-10-16/h5-7,9-10,15,17-18,28H,4,8,11-14H2,1-3H3,(H,22,26)/t17-,18+/m1/s1. The van der Waals surface area contributed by atoms with Crippen LogP contribution in [-0.2, 0) is 20.8 Å². The van der Waals surface area contributed by atoms with Gasteiger partial charge in [-0.05, 0) is 52.0 Å². The Balaban J connectivity index is 2.14. The lowest BCUT2D eigenvalue weighted by molar-refractivity contribution is -0.155. The quantitative estimate of drug-likeness (QED) is 0.404. The van der Waals surface area contributed by atoms with Crippen molar-refractivity contribution >= 4 is 18.2 Å². The maximum absolute atomic E-state index is 13.0. The van der Waals surface area contributed by atoms with Crippen molar-refractivity contribution in [2.75, 3.05) is 13.1 Å². The van der Waals surface area contributed by atoms with Crippen LogP contribution < -0.4 is 5.32 Å². The van der Waals surface area contributed by atoms with Gasteiger partial charge in [-0.3, -0.25) is 19.6 Å². The van der Waals surface area contributed by atoms with E-state index in [4.69, 9.17) is 0 Å². The smallest absolute Gasteiger partial charge is 0.245 e. The molecule has 7 heteroatoms. The summed E-state index contributed by atoms with van der Waals surface area (Å²) in [6.45, 7) is 6.49. The summed E-state index contributed by atoms with van der Waals surface area (Å²) in [4.78, 5) is 38.6. The van der Waals surface area contributed by atoms with E-state index in [0.29, 0.717) is 24.4 Å². The van der Waals surface area contributed by atoms with Crippen molar-refractivity contribution in [3.8, 4) is 0 Å². The molecule has 0 radical (unpaired) electrons. The number of rotatable bonds is 8. The molecule has 0 aromatic heterocycles. The summed E-state index contributed by atoms with van der Waals surface area (Å²) in [5.74, 6) is -1.07. The summed E-state index contributed by atoms with van der Waals surface area (Å²) >= 11 is 0. The third-order valence-electron chi connectivity index (χ3n) is 5.43. The second-order valence-electron chi connectivity index (χ2n) is 7.96. The van der Waals surface area contributed by atoms with Crippen LogP contribution in [0.5, 0.6) is 0 Å². The molecule has 0 spiro atoms. The first kappa shape index (κ1) is 21.9. The molecular weight excluding hydrogens is 358 g/mol. The maximum Gasteiger partial charge on any atom is 0.245 e. The van der Waals surface area contributed by atoms with Gasteiger partial charge in [0.1, 0.15) is 6.04 Å². The molecule has 0 saturated carbocycles. The molecule has 2 N–H and O–H groups in total. The van der Waals surface area contributed by atoms with E-state index < -0.39 is 12.0 Å². The van der Waals surface area contributed by atoms with E-state index in [1.807, 2.05) is 56.0 Å². The molecule has 1 heterocycles. The predicted octanol–water partition coefficient (Wildman–Crippen LogP) is 1.99. The van der Waals surface area contributed by atoms with Crippen LogP contribution >= 0.6 is 0 Å². The molecule has 1 aliphatic heterocycles. The second-order valence-corrected chi connectivity index (χ2v) is 7.96. The Hall–Kier alpha value is -2.41. The highest BCUT2D eigenvalue weighted by Crippen LogP contribution is 2.27. The molecular formula is C21H31N3O4. The van der Waals surface area contributed by atoms with E-state index in [2.05, 4.69) is 5.32 Å². The van der Waals surface area contributed by atoms with Gasteiger partial charge >= 0.3 is 0 Å². The first-order valence-corrected chi connectivity index (χ1v) is 9.85. The van der Waals surface area contributed by atoms with Gasteiger partial charge in [-0.2, -0.15) is 0 Å². The van der Waals surface area contributed by atoms with Crippen molar-refractivity contribution < 1.29 is 19.6 Å². The van der Waals surface area contributed by atoms with Gasteiger partial charge in [0.25, 0.3) is 0 Å². The Morgan fingerprint density at radius 2 is 2.07 bits per heavy atom. The maximum atomic E-state index is 13.0. The number of hydroxylamine groups is 2. The minimum Gasteiger partial charge on any atom is -0.344 e. The zero-order valence-electron chi connectivity index (χ0n) is 16.9. The SMILES string of the molecule is CCN1C(=O)[C@@H](NC(=O)[C@H](Cc2ccccc2)CN(O)C=O)CCCC1(C)C. The molecule has 2 rings (SSSR count). The van der Waals surface area contributed by atoms with Gasteiger partial charge in [-0.15, -0.1) is 0 Å². The van der Waals surface area contributed by atoms with E-state index in [9.17, 15) is 19.6 Å². The third-order valence-corrected chi connectivity index (χ3v) is 5.43. The highest BCUT2D eigenvalue weighted by atomic mass is 16.5. The van der Waals surface area contributed by atoms with Crippen molar-refractivity contribution in [1.82, 2.24) is 15.3 Å². The number of nitrogens with one attached hydrogen (secondary N) is 1. The molecule has 3 amide bonds. The molecule has 2 atom stereocenters. The average Bonchev–Trinajstić information content (AvgIpc) is 2.77. The van der Waals surface area contributed by atoms with Crippen LogP contribution in [0.1, 0.15) is 45.6 Å². The number of hydrogen-bond acceptors (Lipinski definition) is 4. The molecule has 0 unspecified atom stereocenters. The van der Waals surface area contributed by atoms with Gasteiger partial charge in [-0.1, -0.05) is 30.3 Å². The van der Waals surface area contributed by atoms with Crippen LogP contribution in [-0.4, -0.2) is 58.1 Å². The topological polar surface area (TPSA) is 90.0 Å². The van der Waals surface area contributed by atoms with Gasteiger partial charge in [0.05, 0.1) is 12.5 Å². The largest absolute Gasteiger partial charge is 0.344 e. The van der Waals surface area contributed by atoms with Crippen molar-refractivity contribution in [2.45, 2.75) is 58.0 Å². The lowest BCUT2D eigenvalue weighted by atomic mass is 9.96. The second kappa shape index (κ2) is 9.68. The fourth-order valence-corrected chi connectivity index (χ4v) is 3.90. The zero-order valence-corrected chi connectivity index (χ0v) is 16.9. The van der Waals surface area contributed by atoms with Crippen LogP contribution in [0.4, 0.5) is 0 Å². The van der Waals surface area contributed by atoms with Gasteiger partial charge in [0.15, 0.2) is 0 Å². The summed E-state index contributed by atoms with van der Waals surface area (Å²) in [7, 11) is 0. The number of benzene rings is 1. The van der Waals surface area contributed by atoms with E-state index in [0.717, 1.165) is 18.4 Å². The van der Waals surface area contributed by atoms with Gasteiger partial charge in [0.2, 0.25) is 18.2 Å². The van der Waals surface area contributed by atoms with Gasteiger partial charge in [-0.25, -0.2) is 5.06 Å². The number of carbonyl (C=O) groups excluding carboxylic acids is 3. The number of nitrogens with zero attached hydrogens (tertiary/aromatic N) is 2. The number of amides is 3. The molecule has 7 nitrogen and oxygen atoms in total. The minimum absolute atomic E-state index is 0.0759. The Morgan fingerprint density at radius 1 is 1.39 bits per heavy atom. The summed E-state index contributed by atoms with van der Waals surface area (Å²) in [6, 6.07) is 8.82. The zero-order chi connectivity index (χ0) is 20.7. The number of likely N-dealkylation sites (tertiary alicyclic amines) is 1. The molecule has 1 aliphatic rings. The van der Waals surface area contributed by atoms with E-state index in [1.54, 1.807) is 0 Å². The van der Waals surface area contributed by atoms with Gasteiger partial charge < -0.3 is 10.2 Å². The van der Waals surface area contributed by atoms with Crippen LogP contribution in [0.2, 0.25) is 0 Å². The Labute approximate surface area is 166 Å². The predicted molar refractivity (Wildman–Crippen MR) is 105 cm³/mol. The monoisotopic (exact) mass is 389 g/mol. The number of hydrogen-bond donors (Lipinski definition) is 2. The van der Waals surface area contributed by atoms with Crippen molar-refractivity contribution in [1.29, 1.82) is 0 Å². The van der Waals surface area contributed by atoms with E-state index in [-0.39, 0.29) is 30.3 Å². The summed E-state index contributed by atoms with van der Waals surface area (Å²) in [5.41, 5.74) is 0.680. The number of carbonyl (C=O) groups is 3. The Morgan fingerprint density at radius 3 is 2.68 bits per heavy atom. The minimum atomic E-state index is -0.656. The summed E-state index contributed by atoms with van der Waals surface area (Å²) in [5, 5.41) is 13.0. The van der Waals surface area contributed by atoms with Crippen LogP contribution in [0.15, 0.2) is 30.3 Å². The highest BCUT2D eigenvalue weighted by Gasteiger charge is 2.38. The fourth-order valence-electron chi connectivity index (χ4n) is 3.90. The molecule has 1 fully saturated rings. The molecule has 1 saturated heterocycles. The molecule has 0 bridgehead atoms. The lowest BCUT2D eigenvalue weighted by Crippen LogP contribution is -2.54. The molecule has 0 aliphatic carbocycles. The Kier molecular flexibility index (Phi) is 7.57. The normalized spacial score (nSPS) is 20.2. The van der Waals surface area contributed by atoms with Crippen molar-refractivity contribution in [3.05, 3.63) is 35.9 Å². The Bertz CT molecular complexity index is 677. The first-order valence-electron chi connectivity index (χ1n) is 9.85. The van der Waals surface area contributed by atoms with E-state index in [1.165, 1.54) is 0 Å². The van der Waals surface area contributed by atoms with Gasteiger partial charge in [0, 0.05) is 12.1 Å². The van der Waals surface area contributed by atoms with Crippen LogP contribution in [0.25, 0.3) is 0 Å². The summed E-state index contributed by atoms with van der Waals surface area (Å²) < 4.78 is 0. The average molecular weight is 389 g/mol. The van der Waals surface area contributed by atoms with E-state index >= 15 is 0 Å².